The predicted octanol–water partition coefficient (Wildman–Crippen LogP) is 3.57. The van der Waals surface area contributed by atoms with E-state index in [-0.39, 0.29) is 6.61 Å². The lowest BCUT2D eigenvalue weighted by molar-refractivity contribution is 0.276. The number of fused-ring (bicyclic) bond motifs is 1. The summed E-state index contributed by atoms with van der Waals surface area (Å²) in [6.07, 6.45) is 1.91. The van der Waals surface area contributed by atoms with Gasteiger partial charge in [0.15, 0.2) is 0 Å². The van der Waals surface area contributed by atoms with Crippen LogP contribution < -0.4 is 4.74 Å². The molecule has 3 rings (SSSR count). The van der Waals surface area contributed by atoms with Crippen LogP contribution >= 0.6 is 15.9 Å². The molecule has 0 bridgehead atoms. The van der Waals surface area contributed by atoms with E-state index in [1.807, 2.05) is 47.9 Å². The first kappa shape index (κ1) is 14.1. The van der Waals surface area contributed by atoms with E-state index in [2.05, 4.69) is 20.9 Å². The van der Waals surface area contributed by atoms with Crippen LogP contribution in [0, 0.1) is 6.92 Å². The van der Waals surface area contributed by atoms with Gasteiger partial charge in [-0.05, 0) is 58.7 Å². The molecule has 0 aliphatic rings. The maximum atomic E-state index is 9.73. The van der Waals surface area contributed by atoms with E-state index in [0.29, 0.717) is 0 Å². The third kappa shape index (κ3) is 2.43. The lowest BCUT2D eigenvalue weighted by Crippen LogP contribution is -1.95. The Morgan fingerprint density at radius 3 is 2.76 bits per heavy atom. The smallest absolute Gasteiger partial charge is 0.137 e. The molecule has 0 spiro atoms. The fourth-order valence-electron chi connectivity index (χ4n) is 2.48. The average Bonchev–Trinajstić information content (AvgIpc) is 2.84. The minimum absolute atomic E-state index is 0.0714. The van der Waals surface area contributed by atoms with E-state index in [1.54, 1.807) is 7.11 Å². The molecule has 5 heteroatoms. The first-order valence-corrected chi connectivity index (χ1v) is 7.35. The molecule has 0 saturated carbocycles. The third-order valence-electron chi connectivity index (χ3n) is 3.50. The van der Waals surface area contributed by atoms with Gasteiger partial charge in [-0.1, -0.05) is 0 Å². The quantitative estimate of drug-likeness (QED) is 0.788. The molecule has 0 atom stereocenters. The molecular formula is C16H15BrN2O2. The molecule has 2 aromatic heterocycles. The number of pyridine rings is 1. The Kier molecular flexibility index (Phi) is 3.69. The number of hydrogen-bond acceptors (Lipinski definition) is 3. The lowest BCUT2D eigenvalue weighted by Gasteiger charge is -2.07. The van der Waals surface area contributed by atoms with Crippen molar-refractivity contribution in [3.63, 3.8) is 0 Å². The Morgan fingerprint density at radius 2 is 2.10 bits per heavy atom. The molecule has 2 heterocycles. The minimum atomic E-state index is -0.0714. The summed E-state index contributed by atoms with van der Waals surface area (Å²) in [4.78, 5) is 4.63. The van der Waals surface area contributed by atoms with E-state index in [9.17, 15) is 5.11 Å². The number of methoxy groups -OCH3 is 1. The van der Waals surface area contributed by atoms with Gasteiger partial charge in [0.1, 0.15) is 11.4 Å². The number of imidazole rings is 1. The molecule has 0 saturated heterocycles. The number of benzene rings is 1. The van der Waals surface area contributed by atoms with Crippen LogP contribution in [-0.2, 0) is 6.61 Å². The van der Waals surface area contributed by atoms with Crippen molar-refractivity contribution < 1.29 is 9.84 Å². The number of aliphatic hydroxyl groups excluding tert-OH is 1. The number of hydrogen-bond donors (Lipinski definition) is 1. The zero-order valence-corrected chi connectivity index (χ0v) is 13.4. The molecule has 0 aliphatic carbocycles. The number of aromatic nitrogens is 2. The molecule has 1 N–H and O–H groups in total. The Bertz CT molecular complexity index is 811. The number of ether oxygens (including phenoxy) is 1. The number of nitrogens with zero attached hydrogens (tertiary/aromatic N) is 2. The molecule has 0 aliphatic heterocycles. The Labute approximate surface area is 131 Å². The first-order valence-electron chi connectivity index (χ1n) is 6.56. The molecular weight excluding hydrogens is 332 g/mol. The van der Waals surface area contributed by atoms with Crippen LogP contribution in [0.4, 0.5) is 0 Å². The summed E-state index contributed by atoms with van der Waals surface area (Å²) in [7, 11) is 1.66. The fraction of sp³-hybridized carbons (Fsp3) is 0.188. The molecule has 4 nitrogen and oxygen atoms in total. The SMILES string of the molecule is COc1ccc(-c2nc3ccc(Br)cn3c2CO)cc1C. The Balaban J connectivity index is 2.22. The van der Waals surface area contributed by atoms with Crippen molar-refractivity contribution in [3.8, 4) is 17.0 Å². The van der Waals surface area contributed by atoms with Crippen LogP contribution in [0.5, 0.6) is 5.75 Å². The van der Waals surface area contributed by atoms with Crippen molar-refractivity contribution >= 4 is 21.6 Å². The summed E-state index contributed by atoms with van der Waals surface area (Å²) >= 11 is 3.44. The summed E-state index contributed by atoms with van der Waals surface area (Å²) in [5.41, 5.74) is 4.39. The normalized spacial score (nSPS) is 11.0. The molecule has 21 heavy (non-hydrogen) atoms. The van der Waals surface area contributed by atoms with Crippen LogP contribution in [0.15, 0.2) is 41.0 Å². The summed E-state index contributed by atoms with van der Waals surface area (Å²) in [6, 6.07) is 9.76. The molecule has 0 unspecified atom stereocenters. The highest BCUT2D eigenvalue weighted by molar-refractivity contribution is 9.10. The van der Waals surface area contributed by atoms with Crippen LogP contribution in [0.25, 0.3) is 16.9 Å². The molecule has 108 valence electrons. The van der Waals surface area contributed by atoms with Gasteiger partial charge in [-0.25, -0.2) is 4.98 Å². The van der Waals surface area contributed by atoms with E-state index < -0.39 is 0 Å². The summed E-state index contributed by atoms with van der Waals surface area (Å²) in [6.45, 7) is 1.92. The second kappa shape index (κ2) is 5.50. The van der Waals surface area contributed by atoms with E-state index in [4.69, 9.17) is 4.74 Å². The van der Waals surface area contributed by atoms with Crippen molar-refractivity contribution in [2.45, 2.75) is 13.5 Å². The van der Waals surface area contributed by atoms with Gasteiger partial charge in [-0.3, -0.25) is 4.40 Å². The van der Waals surface area contributed by atoms with Crippen molar-refractivity contribution in [3.05, 3.63) is 52.3 Å². The van der Waals surface area contributed by atoms with Crippen molar-refractivity contribution in [1.29, 1.82) is 0 Å². The highest BCUT2D eigenvalue weighted by atomic mass is 79.9. The number of aliphatic hydroxyl groups is 1. The highest BCUT2D eigenvalue weighted by Gasteiger charge is 2.14. The second-order valence-electron chi connectivity index (χ2n) is 4.83. The summed E-state index contributed by atoms with van der Waals surface area (Å²) in [5.74, 6) is 0.843. The second-order valence-corrected chi connectivity index (χ2v) is 5.74. The maximum absolute atomic E-state index is 9.73. The number of halogens is 1. The van der Waals surface area contributed by atoms with Crippen molar-refractivity contribution in [2.75, 3.05) is 7.11 Å². The van der Waals surface area contributed by atoms with Gasteiger partial charge >= 0.3 is 0 Å². The van der Waals surface area contributed by atoms with Gasteiger partial charge in [0, 0.05) is 16.2 Å². The lowest BCUT2D eigenvalue weighted by atomic mass is 10.1. The predicted molar refractivity (Wildman–Crippen MR) is 85.5 cm³/mol. The monoisotopic (exact) mass is 346 g/mol. The van der Waals surface area contributed by atoms with Gasteiger partial charge in [-0.15, -0.1) is 0 Å². The fourth-order valence-corrected chi connectivity index (χ4v) is 2.81. The van der Waals surface area contributed by atoms with Crippen LogP contribution in [-0.4, -0.2) is 21.6 Å². The van der Waals surface area contributed by atoms with Gasteiger partial charge in [0.2, 0.25) is 0 Å². The number of aryl methyl sites for hydroxylation is 1. The third-order valence-corrected chi connectivity index (χ3v) is 3.97. The van der Waals surface area contributed by atoms with E-state index in [0.717, 1.165) is 38.4 Å². The van der Waals surface area contributed by atoms with Gasteiger partial charge < -0.3 is 9.84 Å². The zero-order valence-electron chi connectivity index (χ0n) is 11.8. The largest absolute Gasteiger partial charge is 0.496 e. The van der Waals surface area contributed by atoms with Gasteiger partial charge in [0.05, 0.1) is 25.1 Å². The van der Waals surface area contributed by atoms with Gasteiger partial charge in [-0.2, -0.15) is 0 Å². The van der Waals surface area contributed by atoms with E-state index >= 15 is 0 Å². The molecule has 1 aromatic carbocycles. The van der Waals surface area contributed by atoms with Crippen LogP contribution in [0.2, 0.25) is 0 Å². The van der Waals surface area contributed by atoms with Crippen molar-refractivity contribution in [1.82, 2.24) is 9.38 Å². The molecule has 3 aromatic rings. The molecule has 0 amide bonds. The topological polar surface area (TPSA) is 46.8 Å². The summed E-state index contributed by atoms with van der Waals surface area (Å²) in [5, 5.41) is 9.73. The van der Waals surface area contributed by atoms with Crippen LogP contribution in [0.3, 0.4) is 0 Å². The Morgan fingerprint density at radius 1 is 1.29 bits per heavy atom. The maximum Gasteiger partial charge on any atom is 0.137 e. The van der Waals surface area contributed by atoms with Crippen LogP contribution in [0.1, 0.15) is 11.3 Å². The van der Waals surface area contributed by atoms with Gasteiger partial charge in [0.25, 0.3) is 0 Å². The molecule has 0 fully saturated rings. The standard InChI is InChI=1S/C16H15BrN2O2/c1-10-7-11(3-5-14(10)21-2)16-13(9-20)19-8-12(17)4-6-15(19)18-16/h3-8,20H,9H2,1-2H3. The van der Waals surface area contributed by atoms with E-state index in [1.165, 1.54) is 0 Å². The molecule has 0 radical (unpaired) electrons. The minimum Gasteiger partial charge on any atom is -0.496 e. The summed E-state index contributed by atoms with van der Waals surface area (Å²) < 4.78 is 8.13. The average molecular weight is 347 g/mol. The van der Waals surface area contributed by atoms with Crippen molar-refractivity contribution in [2.24, 2.45) is 0 Å². The first-order chi connectivity index (χ1) is 10.1. The highest BCUT2D eigenvalue weighted by Crippen LogP contribution is 2.29. The zero-order chi connectivity index (χ0) is 15.0. The Hall–Kier alpha value is -1.85. The number of rotatable bonds is 3.